The third-order valence-corrected chi connectivity index (χ3v) is 8.37. The fourth-order valence-electron chi connectivity index (χ4n) is 3.09. The lowest BCUT2D eigenvalue weighted by molar-refractivity contribution is 0.179. The van der Waals surface area contributed by atoms with Gasteiger partial charge in [0, 0.05) is 19.6 Å². The monoisotopic (exact) mass is 840 g/mol. The summed E-state index contributed by atoms with van der Waals surface area (Å²) < 4.78 is 25.9. The summed E-state index contributed by atoms with van der Waals surface area (Å²) in [6.07, 6.45) is 0. The van der Waals surface area contributed by atoms with E-state index < -0.39 is 0 Å². The van der Waals surface area contributed by atoms with Crippen molar-refractivity contribution >= 4 is 95.6 Å². The smallest absolute Gasteiger partial charge is 0.147 e. The molecule has 0 saturated carbocycles. The molecule has 0 saturated heterocycles. The minimum Gasteiger partial charge on any atom is -0.490 e. The quantitative estimate of drug-likeness (QED) is 0.201. The van der Waals surface area contributed by atoms with E-state index in [4.69, 9.17) is 18.9 Å². The van der Waals surface area contributed by atoms with Gasteiger partial charge in [0.25, 0.3) is 0 Å². The maximum atomic E-state index is 6.01. The zero-order valence-corrected chi connectivity index (χ0v) is 28.2. The highest BCUT2D eigenvalue weighted by molar-refractivity contribution is 9.11. The van der Waals surface area contributed by atoms with E-state index in [1.165, 1.54) is 0 Å². The van der Waals surface area contributed by atoms with E-state index in [2.05, 4.69) is 134 Å². The van der Waals surface area contributed by atoms with Gasteiger partial charge in [-0.25, -0.2) is 0 Å². The van der Waals surface area contributed by atoms with Crippen molar-refractivity contribution in [2.45, 2.75) is 28.9 Å². The number of alkyl halides is 2. The molecule has 184 valence electrons. The van der Waals surface area contributed by atoms with Crippen molar-refractivity contribution in [3.05, 3.63) is 53.3 Å². The minimum atomic E-state index is -0.283. The Kier molecular flexibility index (Phi) is 12.7. The average molecular weight is 846 g/mol. The molecule has 2 aromatic rings. The highest BCUT2D eigenvalue weighted by atomic mass is 79.9. The van der Waals surface area contributed by atoms with Crippen molar-refractivity contribution in [1.82, 2.24) is 0 Å². The molecule has 0 spiro atoms. The van der Waals surface area contributed by atoms with Crippen LogP contribution < -0.4 is 9.47 Å². The summed E-state index contributed by atoms with van der Waals surface area (Å²) in [6.45, 7) is 6.52. The zero-order chi connectivity index (χ0) is 24.8. The number of hydrogen-bond acceptors (Lipinski definition) is 4. The van der Waals surface area contributed by atoms with Crippen LogP contribution >= 0.6 is 95.6 Å². The second kappa shape index (κ2) is 14.0. The van der Waals surface area contributed by atoms with Crippen LogP contribution in [0.4, 0.5) is 0 Å². The van der Waals surface area contributed by atoms with E-state index in [1.807, 2.05) is 0 Å². The van der Waals surface area contributed by atoms with Crippen LogP contribution in [0.2, 0.25) is 0 Å². The first-order valence-corrected chi connectivity index (χ1v) is 15.0. The maximum Gasteiger partial charge on any atom is 0.147 e. The number of halogens is 6. The van der Waals surface area contributed by atoms with Crippen molar-refractivity contribution in [2.75, 3.05) is 40.6 Å². The standard InChI is InChI=1S/C23H26Br6O4/c1-23(2,13-5-17(26)21(18(27)6-13)32-11-15(24)9-30-3)14-7-19(28)22(20(29)8-14)33-12-16(25)10-31-4/h5-8,15-16H,9-12H2,1-4H3. The second-order valence-electron chi connectivity index (χ2n) is 7.89. The molecule has 2 aromatic carbocycles. The van der Waals surface area contributed by atoms with Gasteiger partial charge in [0.15, 0.2) is 0 Å². The highest BCUT2D eigenvalue weighted by Gasteiger charge is 2.27. The van der Waals surface area contributed by atoms with Gasteiger partial charge >= 0.3 is 0 Å². The zero-order valence-electron chi connectivity index (χ0n) is 18.7. The molecule has 0 bridgehead atoms. The molecular weight excluding hydrogens is 820 g/mol. The average Bonchev–Trinajstić information content (AvgIpc) is 2.72. The molecule has 0 N–H and O–H groups in total. The first-order chi connectivity index (χ1) is 15.5. The van der Waals surface area contributed by atoms with Crippen molar-refractivity contribution in [2.24, 2.45) is 0 Å². The van der Waals surface area contributed by atoms with Gasteiger partial charge in [-0.15, -0.1) is 0 Å². The van der Waals surface area contributed by atoms with Crippen molar-refractivity contribution in [3.63, 3.8) is 0 Å². The van der Waals surface area contributed by atoms with E-state index in [9.17, 15) is 0 Å². The van der Waals surface area contributed by atoms with Crippen LogP contribution in [0.1, 0.15) is 25.0 Å². The molecular formula is C23H26Br6O4. The van der Waals surface area contributed by atoms with Gasteiger partial charge in [0.1, 0.15) is 24.7 Å². The molecule has 0 aliphatic carbocycles. The van der Waals surface area contributed by atoms with E-state index >= 15 is 0 Å². The summed E-state index contributed by atoms with van der Waals surface area (Å²) in [7, 11) is 3.35. The molecule has 0 heterocycles. The normalized spacial score (nSPS) is 13.6. The predicted octanol–water partition coefficient (Wildman–Crippen LogP) is 8.64. The lowest BCUT2D eigenvalue weighted by Gasteiger charge is -2.28. The molecule has 0 aliphatic heterocycles. The summed E-state index contributed by atoms with van der Waals surface area (Å²) in [6, 6.07) is 8.41. The Morgan fingerprint density at radius 1 is 0.636 bits per heavy atom. The van der Waals surface area contributed by atoms with Gasteiger partial charge in [0.2, 0.25) is 0 Å². The Morgan fingerprint density at radius 3 is 1.21 bits per heavy atom. The van der Waals surface area contributed by atoms with Gasteiger partial charge in [-0.2, -0.15) is 0 Å². The highest BCUT2D eigenvalue weighted by Crippen LogP contribution is 2.44. The Morgan fingerprint density at radius 2 is 0.939 bits per heavy atom. The first-order valence-electron chi connectivity index (χ1n) is 10.0. The van der Waals surface area contributed by atoms with Crippen LogP contribution in [0.15, 0.2) is 42.2 Å². The van der Waals surface area contributed by atoms with Crippen LogP contribution in [0.25, 0.3) is 0 Å². The molecule has 33 heavy (non-hydrogen) atoms. The summed E-state index contributed by atoms with van der Waals surface area (Å²) in [5, 5.41) is 0. The van der Waals surface area contributed by atoms with Gasteiger partial charge in [-0.05, 0) is 99.1 Å². The molecule has 0 amide bonds. The van der Waals surface area contributed by atoms with Crippen molar-refractivity contribution in [3.8, 4) is 11.5 Å². The van der Waals surface area contributed by atoms with Crippen LogP contribution in [-0.4, -0.2) is 50.3 Å². The summed E-state index contributed by atoms with van der Waals surface area (Å²) in [5.41, 5.74) is 1.98. The molecule has 0 radical (unpaired) electrons. The molecule has 0 aliphatic rings. The third kappa shape index (κ3) is 8.44. The number of rotatable bonds is 12. The van der Waals surface area contributed by atoms with Crippen LogP contribution in [-0.2, 0) is 14.9 Å². The number of methoxy groups -OCH3 is 2. The van der Waals surface area contributed by atoms with E-state index in [0.717, 1.165) is 40.5 Å². The van der Waals surface area contributed by atoms with Crippen molar-refractivity contribution < 1.29 is 18.9 Å². The van der Waals surface area contributed by atoms with E-state index in [-0.39, 0.29) is 15.1 Å². The maximum absolute atomic E-state index is 6.01. The molecule has 0 fully saturated rings. The molecule has 4 nitrogen and oxygen atoms in total. The molecule has 2 rings (SSSR count). The molecule has 2 unspecified atom stereocenters. The third-order valence-electron chi connectivity index (χ3n) is 4.95. The Labute approximate surface area is 246 Å². The number of benzene rings is 2. The second-order valence-corrected chi connectivity index (χ2v) is 13.9. The van der Waals surface area contributed by atoms with Crippen LogP contribution in [0, 0.1) is 0 Å². The van der Waals surface area contributed by atoms with Crippen LogP contribution in [0.3, 0.4) is 0 Å². The molecule has 0 aromatic heterocycles. The largest absolute Gasteiger partial charge is 0.490 e. The van der Waals surface area contributed by atoms with Crippen molar-refractivity contribution in [1.29, 1.82) is 0 Å². The fourth-order valence-corrected chi connectivity index (χ4v) is 6.71. The van der Waals surface area contributed by atoms with Gasteiger partial charge in [-0.3, -0.25) is 0 Å². The Hall–Kier alpha value is 0.840. The number of hydrogen-bond donors (Lipinski definition) is 0. The summed E-state index contributed by atoms with van der Waals surface area (Å²) in [4.78, 5) is 0.226. The first kappa shape index (κ1) is 30.1. The van der Waals surface area contributed by atoms with E-state index in [0.29, 0.717) is 26.4 Å². The topological polar surface area (TPSA) is 36.9 Å². The van der Waals surface area contributed by atoms with Crippen LogP contribution in [0.5, 0.6) is 11.5 Å². The summed E-state index contributed by atoms with van der Waals surface area (Å²) >= 11 is 21.9. The lowest BCUT2D eigenvalue weighted by Crippen LogP contribution is -2.20. The van der Waals surface area contributed by atoms with E-state index in [1.54, 1.807) is 14.2 Å². The number of ether oxygens (including phenoxy) is 4. The van der Waals surface area contributed by atoms with Gasteiger partial charge in [0.05, 0.1) is 40.8 Å². The van der Waals surface area contributed by atoms with Gasteiger partial charge in [-0.1, -0.05) is 45.7 Å². The molecule has 2 atom stereocenters. The Bertz CT molecular complexity index is 818. The fraction of sp³-hybridized carbons (Fsp3) is 0.478. The minimum absolute atomic E-state index is 0.113. The predicted molar refractivity (Wildman–Crippen MR) is 156 cm³/mol. The summed E-state index contributed by atoms with van der Waals surface area (Å²) in [5.74, 6) is 1.53. The molecule has 10 heteroatoms. The van der Waals surface area contributed by atoms with Gasteiger partial charge < -0.3 is 18.9 Å². The lowest BCUT2D eigenvalue weighted by atomic mass is 9.78. The Balaban J connectivity index is 2.28. The SMILES string of the molecule is COCC(Br)COc1c(Br)cc(C(C)(C)c2cc(Br)c(OCC(Br)COC)c(Br)c2)cc1Br.